The lowest BCUT2D eigenvalue weighted by Gasteiger charge is -2.08. The molecule has 0 aliphatic rings. The van der Waals surface area contributed by atoms with Gasteiger partial charge in [0.25, 0.3) is 0 Å². The molecule has 0 aliphatic heterocycles. The first-order chi connectivity index (χ1) is 5.59. The predicted molar refractivity (Wildman–Crippen MR) is 55.9 cm³/mol. The average Bonchev–Trinajstić information content (AvgIpc) is 1.94. The second kappa shape index (κ2) is 3.92. The Bertz CT molecular complexity index is 271. The summed E-state index contributed by atoms with van der Waals surface area (Å²) in [6, 6.07) is 6.04. The maximum atomic E-state index is 5.78. The lowest BCUT2D eigenvalue weighted by molar-refractivity contribution is 0.739. The van der Waals surface area contributed by atoms with E-state index in [9.17, 15) is 0 Å². The van der Waals surface area contributed by atoms with E-state index in [1.54, 1.807) is 0 Å². The Morgan fingerprint density at radius 3 is 2.67 bits per heavy atom. The van der Waals surface area contributed by atoms with Crippen LogP contribution in [-0.4, -0.2) is 6.04 Å². The first-order valence-corrected chi connectivity index (χ1v) is 4.68. The van der Waals surface area contributed by atoms with Crippen molar-refractivity contribution in [1.82, 2.24) is 0 Å². The molecule has 1 aromatic carbocycles. The summed E-state index contributed by atoms with van der Waals surface area (Å²) in [5.74, 6) is 0. The van der Waals surface area contributed by atoms with Gasteiger partial charge in [0, 0.05) is 16.2 Å². The van der Waals surface area contributed by atoms with E-state index in [4.69, 9.17) is 11.5 Å². The van der Waals surface area contributed by atoms with E-state index in [1.165, 1.54) is 0 Å². The van der Waals surface area contributed by atoms with Crippen LogP contribution >= 0.6 is 15.9 Å². The van der Waals surface area contributed by atoms with Crippen LogP contribution in [-0.2, 0) is 6.42 Å². The van der Waals surface area contributed by atoms with Crippen LogP contribution < -0.4 is 11.5 Å². The third-order valence-electron chi connectivity index (χ3n) is 1.65. The molecule has 0 radical (unpaired) electrons. The van der Waals surface area contributed by atoms with E-state index in [1.807, 2.05) is 25.1 Å². The number of halogens is 1. The number of anilines is 1. The van der Waals surface area contributed by atoms with Crippen LogP contribution in [0.15, 0.2) is 22.7 Å². The summed E-state index contributed by atoms with van der Waals surface area (Å²) in [7, 11) is 0. The van der Waals surface area contributed by atoms with Gasteiger partial charge in [0.2, 0.25) is 0 Å². The van der Waals surface area contributed by atoms with Crippen LogP contribution in [0.4, 0.5) is 5.69 Å². The Labute approximate surface area is 81.1 Å². The third-order valence-corrected chi connectivity index (χ3v) is 2.14. The van der Waals surface area contributed by atoms with Gasteiger partial charge >= 0.3 is 0 Å². The smallest absolute Gasteiger partial charge is 0.0358 e. The molecule has 1 atom stereocenters. The van der Waals surface area contributed by atoms with E-state index in [-0.39, 0.29) is 6.04 Å². The maximum absolute atomic E-state index is 5.78. The van der Waals surface area contributed by atoms with Crippen LogP contribution in [0.25, 0.3) is 0 Å². The summed E-state index contributed by atoms with van der Waals surface area (Å²) in [6.07, 6.45) is 0.832. The molecule has 0 aromatic heterocycles. The van der Waals surface area contributed by atoms with Gasteiger partial charge < -0.3 is 11.5 Å². The Morgan fingerprint density at radius 2 is 2.17 bits per heavy atom. The van der Waals surface area contributed by atoms with Crippen LogP contribution in [0.2, 0.25) is 0 Å². The zero-order valence-electron chi connectivity index (χ0n) is 7.05. The monoisotopic (exact) mass is 228 g/mol. The quantitative estimate of drug-likeness (QED) is 0.761. The minimum absolute atomic E-state index is 0.161. The third kappa shape index (κ3) is 2.50. The van der Waals surface area contributed by atoms with Gasteiger partial charge in [0.05, 0.1) is 0 Å². The van der Waals surface area contributed by atoms with Crippen LogP contribution in [0.3, 0.4) is 0 Å². The van der Waals surface area contributed by atoms with Crippen LogP contribution in [0.1, 0.15) is 12.5 Å². The molecule has 0 fully saturated rings. The number of nitrogen functional groups attached to an aromatic ring is 1. The Kier molecular flexibility index (Phi) is 3.12. The molecule has 0 spiro atoms. The van der Waals surface area contributed by atoms with Crippen molar-refractivity contribution >= 4 is 21.6 Å². The summed E-state index contributed by atoms with van der Waals surface area (Å²) < 4.78 is 1.01. The second-order valence-electron chi connectivity index (χ2n) is 3.02. The number of hydrogen-bond donors (Lipinski definition) is 2. The van der Waals surface area contributed by atoms with Gasteiger partial charge in [0.1, 0.15) is 0 Å². The number of rotatable bonds is 2. The molecule has 1 aromatic rings. The van der Waals surface area contributed by atoms with E-state index < -0.39 is 0 Å². The molecule has 0 saturated carbocycles. The highest BCUT2D eigenvalue weighted by Crippen LogP contribution is 2.19. The fourth-order valence-electron chi connectivity index (χ4n) is 1.10. The molecule has 0 amide bonds. The van der Waals surface area contributed by atoms with E-state index >= 15 is 0 Å². The van der Waals surface area contributed by atoms with Crippen molar-refractivity contribution in [2.24, 2.45) is 5.73 Å². The zero-order valence-corrected chi connectivity index (χ0v) is 8.64. The van der Waals surface area contributed by atoms with Crippen molar-refractivity contribution in [3.8, 4) is 0 Å². The lowest BCUT2D eigenvalue weighted by Crippen LogP contribution is -2.18. The molecule has 0 bridgehead atoms. The van der Waals surface area contributed by atoms with Crippen molar-refractivity contribution in [2.75, 3.05) is 5.73 Å². The van der Waals surface area contributed by atoms with E-state index in [2.05, 4.69) is 15.9 Å². The molecule has 0 heterocycles. The fraction of sp³-hybridized carbons (Fsp3) is 0.333. The first kappa shape index (κ1) is 9.55. The topological polar surface area (TPSA) is 52.0 Å². The van der Waals surface area contributed by atoms with Gasteiger partial charge in [-0.3, -0.25) is 0 Å². The van der Waals surface area contributed by atoms with Gasteiger partial charge in [-0.1, -0.05) is 22.0 Å². The largest absolute Gasteiger partial charge is 0.398 e. The molecular formula is C9H13BrN2. The molecule has 66 valence electrons. The second-order valence-corrected chi connectivity index (χ2v) is 3.94. The van der Waals surface area contributed by atoms with Crippen molar-refractivity contribution in [3.63, 3.8) is 0 Å². The van der Waals surface area contributed by atoms with Gasteiger partial charge in [-0.15, -0.1) is 0 Å². The van der Waals surface area contributed by atoms with Gasteiger partial charge in [-0.05, 0) is 31.0 Å². The highest BCUT2D eigenvalue weighted by atomic mass is 79.9. The predicted octanol–water partition coefficient (Wildman–Crippen LogP) is 1.92. The molecule has 12 heavy (non-hydrogen) atoms. The Hall–Kier alpha value is -0.540. The Morgan fingerprint density at radius 1 is 1.50 bits per heavy atom. The zero-order chi connectivity index (χ0) is 9.14. The maximum Gasteiger partial charge on any atom is 0.0358 e. The van der Waals surface area contributed by atoms with Crippen molar-refractivity contribution in [2.45, 2.75) is 19.4 Å². The highest BCUT2D eigenvalue weighted by Gasteiger charge is 2.01. The minimum atomic E-state index is 0.161. The molecule has 0 saturated heterocycles. The van der Waals surface area contributed by atoms with Crippen molar-refractivity contribution in [1.29, 1.82) is 0 Å². The molecule has 1 rings (SSSR count). The first-order valence-electron chi connectivity index (χ1n) is 3.89. The van der Waals surface area contributed by atoms with E-state index in [0.717, 1.165) is 22.1 Å². The summed E-state index contributed by atoms with van der Waals surface area (Å²) in [4.78, 5) is 0. The van der Waals surface area contributed by atoms with Crippen molar-refractivity contribution in [3.05, 3.63) is 28.2 Å². The average molecular weight is 229 g/mol. The minimum Gasteiger partial charge on any atom is -0.398 e. The van der Waals surface area contributed by atoms with Crippen molar-refractivity contribution < 1.29 is 0 Å². The SMILES string of the molecule is CC(N)Cc1ccc(Br)cc1N. The highest BCUT2D eigenvalue weighted by molar-refractivity contribution is 9.10. The molecule has 3 heteroatoms. The van der Waals surface area contributed by atoms with Gasteiger partial charge in [-0.2, -0.15) is 0 Å². The standard InChI is InChI=1S/C9H13BrN2/c1-6(11)4-7-2-3-8(10)5-9(7)12/h2-3,5-6H,4,11-12H2,1H3. The number of hydrogen-bond acceptors (Lipinski definition) is 2. The van der Waals surface area contributed by atoms with Crippen LogP contribution in [0, 0.1) is 0 Å². The summed E-state index contributed by atoms with van der Waals surface area (Å²) in [5, 5.41) is 0. The van der Waals surface area contributed by atoms with E-state index in [0.29, 0.717) is 0 Å². The normalized spacial score (nSPS) is 12.9. The molecule has 1 unspecified atom stereocenters. The van der Waals surface area contributed by atoms with Gasteiger partial charge in [-0.25, -0.2) is 0 Å². The van der Waals surface area contributed by atoms with Gasteiger partial charge in [0.15, 0.2) is 0 Å². The molecule has 4 N–H and O–H groups in total. The summed E-state index contributed by atoms with van der Waals surface area (Å²) >= 11 is 3.35. The van der Waals surface area contributed by atoms with Crippen LogP contribution in [0.5, 0.6) is 0 Å². The summed E-state index contributed by atoms with van der Waals surface area (Å²) in [6.45, 7) is 1.97. The number of nitrogens with two attached hydrogens (primary N) is 2. The summed E-state index contributed by atoms with van der Waals surface area (Å²) in [5.41, 5.74) is 13.4. The molecular weight excluding hydrogens is 216 g/mol. The lowest BCUT2D eigenvalue weighted by atomic mass is 10.1. The Balaban J connectivity index is 2.86. The number of benzene rings is 1. The fourth-order valence-corrected chi connectivity index (χ4v) is 1.48. The molecule has 0 aliphatic carbocycles. The molecule has 2 nitrogen and oxygen atoms in total.